The van der Waals surface area contributed by atoms with E-state index in [4.69, 9.17) is 4.74 Å². The number of anilines is 2. The lowest BCUT2D eigenvalue weighted by atomic mass is 9.95. The Bertz CT molecular complexity index is 1200. The molecule has 5 heteroatoms. The number of aryl methyl sites for hydroxylation is 1. The fourth-order valence-electron chi connectivity index (χ4n) is 3.76. The van der Waals surface area contributed by atoms with E-state index in [-0.39, 0.29) is 11.9 Å². The number of carbonyl (C=O) groups is 1. The maximum Gasteiger partial charge on any atom is 0.256 e. The standard InChI is InChI=1S/C27H26N2O2S/c1-18-19(2)32-27(29-26(30)20-12-6-4-7-13-20)24(18)25(28-21-14-8-5-9-15-21)22-16-10-11-17-23(22)31-3/h4-17,25,28H,1-3H3,(H,29,30)/t25-/m0/s1. The first kappa shape index (κ1) is 21.7. The van der Waals surface area contributed by atoms with Crippen LogP contribution in [0.25, 0.3) is 0 Å². The van der Waals surface area contributed by atoms with Crippen LogP contribution in [-0.2, 0) is 0 Å². The zero-order chi connectivity index (χ0) is 22.5. The molecule has 1 atom stereocenters. The predicted octanol–water partition coefficient (Wildman–Crippen LogP) is 6.83. The Balaban J connectivity index is 1.81. The number of amides is 1. The van der Waals surface area contributed by atoms with Crippen LogP contribution in [0.1, 0.15) is 38.0 Å². The van der Waals surface area contributed by atoms with Crippen molar-refractivity contribution in [2.45, 2.75) is 19.9 Å². The van der Waals surface area contributed by atoms with Crippen LogP contribution in [0.3, 0.4) is 0 Å². The summed E-state index contributed by atoms with van der Waals surface area (Å²) in [6.07, 6.45) is 0. The highest BCUT2D eigenvalue weighted by Crippen LogP contribution is 2.43. The van der Waals surface area contributed by atoms with Gasteiger partial charge in [0.2, 0.25) is 0 Å². The molecule has 4 aromatic rings. The van der Waals surface area contributed by atoms with Gasteiger partial charge >= 0.3 is 0 Å². The number of hydrogen-bond acceptors (Lipinski definition) is 4. The van der Waals surface area contributed by atoms with Crippen molar-refractivity contribution in [3.8, 4) is 5.75 Å². The molecule has 0 aliphatic carbocycles. The van der Waals surface area contributed by atoms with Crippen molar-refractivity contribution >= 4 is 27.9 Å². The van der Waals surface area contributed by atoms with Crippen molar-refractivity contribution in [3.05, 3.63) is 112 Å². The fraction of sp³-hybridized carbons (Fsp3) is 0.148. The highest BCUT2D eigenvalue weighted by Gasteiger charge is 2.27. The monoisotopic (exact) mass is 442 g/mol. The predicted molar refractivity (Wildman–Crippen MR) is 133 cm³/mol. The molecule has 0 radical (unpaired) electrons. The summed E-state index contributed by atoms with van der Waals surface area (Å²) < 4.78 is 5.70. The van der Waals surface area contributed by atoms with Crippen molar-refractivity contribution in [2.24, 2.45) is 0 Å². The molecular weight excluding hydrogens is 416 g/mol. The van der Waals surface area contributed by atoms with Crippen LogP contribution in [0, 0.1) is 13.8 Å². The van der Waals surface area contributed by atoms with Crippen molar-refractivity contribution in [1.82, 2.24) is 0 Å². The van der Waals surface area contributed by atoms with Gasteiger partial charge in [0.05, 0.1) is 13.2 Å². The molecule has 4 nitrogen and oxygen atoms in total. The number of benzene rings is 3. The van der Waals surface area contributed by atoms with Crippen LogP contribution in [0.4, 0.5) is 10.7 Å². The third-order valence-corrected chi connectivity index (χ3v) is 6.66. The van der Waals surface area contributed by atoms with Crippen molar-refractivity contribution < 1.29 is 9.53 Å². The molecule has 0 aliphatic rings. The average molecular weight is 443 g/mol. The van der Waals surface area contributed by atoms with Gasteiger partial charge in [0.25, 0.3) is 5.91 Å². The van der Waals surface area contributed by atoms with Crippen molar-refractivity contribution in [1.29, 1.82) is 0 Å². The third-order valence-electron chi connectivity index (χ3n) is 5.52. The molecule has 4 rings (SSSR count). The van der Waals surface area contributed by atoms with E-state index in [0.717, 1.165) is 38.0 Å². The van der Waals surface area contributed by atoms with E-state index in [1.54, 1.807) is 18.4 Å². The minimum Gasteiger partial charge on any atom is -0.496 e. The van der Waals surface area contributed by atoms with Gasteiger partial charge in [-0.05, 0) is 49.7 Å². The van der Waals surface area contributed by atoms with E-state index in [1.807, 2.05) is 78.9 Å². The lowest BCUT2D eigenvalue weighted by Crippen LogP contribution is -2.18. The van der Waals surface area contributed by atoms with Crippen LogP contribution >= 0.6 is 11.3 Å². The van der Waals surface area contributed by atoms with Crippen LogP contribution in [0.5, 0.6) is 5.75 Å². The maximum atomic E-state index is 13.0. The minimum absolute atomic E-state index is 0.119. The number of carbonyl (C=O) groups excluding carboxylic acids is 1. The first-order valence-electron chi connectivity index (χ1n) is 10.5. The molecule has 162 valence electrons. The first-order chi connectivity index (χ1) is 15.6. The second-order valence-electron chi connectivity index (χ2n) is 7.53. The number of rotatable bonds is 7. The van der Waals surface area contributed by atoms with Gasteiger partial charge < -0.3 is 15.4 Å². The summed E-state index contributed by atoms with van der Waals surface area (Å²) >= 11 is 1.60. The Kier molecular flexibility index (Phi) is 6.57. The molecule has 1 amide bonds. The average Bonchev–Trinajstić information content (AvgIpc) is 3.11. The lowest BCUT2D eigenvalue weighted by molar-refractivity contribution is 0.102. The van der Waals surface area contributed by atoms with Gasteiger partial charge in [0.1, 0.15) is 10.8 Å². The summed E-state index contributed by atoms with van der Waals surface area (Å²) in [7, 11) is 1.68. The van der Waals surface area contributed by atoms with Crippen LogP contribution in [-0.4, -0.2) is 13.0 Å². The van der Waals surface area contributed by atoms with Crippen molar-refractivity contribution in [2.75, 3.05) is 17.7 Å². The van der Waals surface area contributed by atoms with E-state index < -0.39 is 0 Å². The van der Waals surface area contributed by atoms with Gasteiger partial charge in [-0.3, -0.25) is 4.79 Å². The second kappa shape index (κ2) is 9.71. The smallest absolute Gasteiger partial charge is 0.256 e. The molecular formula is C27H26N2O2S. The summed E-state index contributed by atoms with van der Waals surface area (Å²) in [5, 5.41) is 7.67. The summed E-state index contributed by atoms with van der Waals surface area (Å²) in [5.41, 5.74) is 4.83. The Labute approximate surface area is 192 Å². The molecule has 0 saturated heterocycles. The number of thiophene rings is 1. The van der Waals surface area contributed by atoms with Gasteiger partial charge in [-0.1, -0.05) is 54.6 Å². The molecule has 0 unspecified atom stereocenters. The van der Waals surface area contributed by atoms with Gasteiger partial charge in [-0.2, -0.15) is 0 Å². The molecule has 3 aromatic carbocycles. The highest BCUT2D eigenvalue weighted by atomic mass is 32.1. The van der Waals surface area contributed by atoms with E-state index in [0.29, 0.717) is 5.56 Å². The topological polar surface area (TPSA) is 50.4 Å². The van der Waals surface area contributed by atoms with E-state index in [1.165, 1.54) is 0 Å². The zero-order valence-electron chi connectivity index (χ0n) is 18.4. The number of nitrogens with one attached hydrogen (secondary N) is 2. The number of methoxy groups -OCH3 is 1. The molecule has 32 heavy (non-hydrogen) atoms. The fourth-order valence-corrected chi connectivity index (χ4v) is 4.86. The third kappa shape index (κ3) is 4.53. The number of hydrogen-bond donors (Lipinski definition) is 2. The van der Waals surface area contributed by atoms with Gasteiger partial charge in [0.15, 0.2) is 0 Å². The zero-order valence-corrected chi connectivity index (χ0v) is 19.2. The molecule has 0 fully saturated rings. The normalized spacial score (nSPS) is 11.6. The largest absolute Gasteiger partial charge is 0.496 e. The molecule has 0 saturated carbocycles. The quantitative estimate of drug-likeness (QED) is 0.330. The summed E-state index contributed by atoms with van der Waals surface area (Å²) in [6.45, 7) is 4.19. The molecule has 1 aromatic heterocycles. The summed E-state index contributed by atoms with van der Waals surface area (Å²) in [6, 6.07) is 27.2. The van der Waals surface area contributed by atoms with E-state index in [9.17, 15) is 4.79 Å². The second-order valence-corrected chi connectivity index (χ2v) is 8.76. The Morgan fingerprint density at radius 2 is 1.50 bits per heavy atom. The number of ether oxygens (including phenoxy) is 1. The van der Waals surface area contributed by atoms with Crippen LogP contribution < -0.4 is 15.4 Å². The maximum absolute atomic E-state index is 13.0. The molecule has 1 heterocycles. The van der Waals surface area contributed by atoms with Crippen molar-refractivity contribution in [3.63, 3.8) is 0 Å². The number of para-hydroxylation sites is 2. The summed E-state index contributed by atoms with van der Waals surface area (Å²) in [4.78, 5) is 14.1. The van der Waals surface area contributed by atoms with Crippen LogP contribution in [0.2, 0.25) is 0 Å². The Hall–Kier alpha value is -3.57. The van der Waals surface area contributed by atoms with Gasteiger partial charge in [-0.25, -0.2) is 0 Å². The molecule has 0 bridgehead atoms. The minimum atomic E-state index is -0.204. The highest BCUT2D eigenvalue weighted by molar-refractivity contribution is 7.16. The lowest BCUT2D eigenvalue weighted by Gasteiger charge is -2.24. The van der Waals surface area contributed by atoms with Gasteiger partial charge in [-0.15, -0.1) is 11.3 Å². The Morgan fingerprint density at radius 3 is 2.19 bits per heavy atom. The van der Waals surface area contributed by atoms with Crippen LogP contribution in [0.15, 0.2) is 84.9 Å². The summed E-state index contributed by atoms with van der Waals surface area (Å²) in [5.74, 6) is 0.677. The SMILES string of the molecule is COc1ccccc1[C@H](Nc1ccccc1)c1c(NC(=O)c2ccccc2)sc(C)c1C. The Morgan fingerprint density at radius 1 is 0.875 bits per heavy atom. The molecule has 2 N–H and O–H groups in total. The molecule has 0 aliphatic heterocycles. The first-order valence-corrected chi connectivity index (χ1v) is 11.3. The van der Waals surface area contributed by atoms with E-state index in [2.05, 4.69) is 30.5 Å². The van der Waals surface area contributed by atoms with Gasteiger partial charge in [0, 0.05) is 27.3 Å². The molecule has 0 spiro atoms. The van der Waals surface area contributed by atoms with E-state index >= 15 is 0 Å².